The minimum absolute atomic E-state index is 0.187. The first kappa shape index (κ1) is 21.9. The summed E-state index contributed by atoms with van der Waals surface area (Å²) in [4.78, 5) is 15.1. The van der Waals surface area contributed by atoms with E-state index in [9.17, 15) is 0 Å². The van der Waals surface area contributed by atoms with Crippen LogP contribution in [0.15, 0.2) is 43.0 Å². The second-order valence-electron chi connectivity index (χ2n) is 8.85. The van der Waals surface area contributed by atoms with E-state index in [0.29, 0.717) is 18.9 Å². The van der Waals surface area contributed by atoms with Crippen molar-refractivity contribution in [2.24, 2.45) is 0 Å². The third-order valence-corrected chi connectivity index (χ3v) is 6.54. The molecule has 11 heteroatoms. The standard InChI is InChI=1S/C25H24N10O/c1-15-14-36-8-7-33(15)23-10-22(35-25(30-23)20(13-29-35)21-5-6-28-31-21)24-16(2)32-34(17(24)3)19-9-18(26-4)11-27-12-19/h5-6,9-13,15H,7-8,14H2,1-3H3,(H,28,31)/t15-/m1/s1. The molecule has 0 unspecified atom stereocenters. The number of rotatable bonds is 4. The summed E-state index contributed by atoms with van der Waals surface area (Å²) in [5.41, 5.74) is 7.25. The van der Waals surface area contributed by atoms with Gasteiger partial charge in [0, 0.05) is 36.8 Å². The van der Waals surface area contributed by atoms with Crippen LogP contribution in [0.3, 0.4) is 0 Å². The van der Waals surface area contributed by atoms with E-state index in [2.05, 4.69) is 37.9 Å². The third kappa shape index (κ3) is 3.50. The molecule has 11 nitrogen and oxygen atoms in total. The lowest BCUT2D eigenvalue weighted by Crippen LogP contribution is -2.44. The van der Waals surface area contributed by atoms with Gasteiger partial charge in [-0.25, -0.2) is 19.0 Å². The summed E-state index contributed by atoms with van der Waals surface area (Å²) < 4.78 is 9.36. The van der Waals surface area contributed by atoms with Crippen LogP contribution in [-0.2, 0) is 4.74 Å². The molecule has 1 fully saturated rings. The van der Waals surface area contributed by atoms with Gasteiger partial charge in [-0.1, -0.05) is 0 Å². The summed E-state index contributed by atoms with van der Waals surface area (Å²) in [5.74, 6) is 0.859. The fourth-order valence-electron chi connectivity index (χ4n) is 4.80. The highest BCUT2D eigenvalue weighted by Gasteiger charge is 2.26. The topological polar surface area (TPSA) is 106 Å². The molecule has 0 bridgehead atoms. The summed E-state index contributed by atoms with van der Waals surface area (Å²) in [5, 5.41) is 16.7. The molecule has 6 rings (SSSR count). The quantitative estimate of drug-likeness (QED) is 0.390. The number of fused-ring (bicyclic) bond motifs is 1. The maximum Gasteiger partial charge on any atom is 0.207 e. The summed E-state index contributed by atoms with van der Waals surface area (Å²) in [6, 6.07) is 5.96. The second-order valence-corrected chi connectivity index (χ2v) is 8.85. The van der Waals surface area contributed by atoms with Crippen molar-refractivity contribution < 1.29 is 4.74 Å². The number of anilines is 1. The Balaban J connectivity index is 1.59. The third-order valence-electron chi connectivity index (χ3n) is 6.54. The van der Waals surface area contributed by atoms with Gasteiger partial charge in [-0.3, -0.25) is 10.1 Å². The average Bonchev–Trinajstić information content (AvgIpc) is 3.63. The number of morpholine rings is 1. The maximum absolute atomic E-state index is 7.34. The molecular formula is C25H24N10O. The van der Waals surface area contributed by atoms with Crippen molar-refractivity contribution in [3.05, 3.63) is 65.8 Å². The number of hydrogen-bond acceptors (Lipinski definition) is 7. The first-order valence-corrected chi connectivity index (χ1v) is 11.7. The summed E-state index contributed by atoms with van der Waals surface area (Å²) in [7, 11) is 0. The van der Waals surface area contributed by atoms with Crippen LogP contribution in [0.1, 0.15) is 18.3 Å². The van der Waals surface area contributed by atoms with Crippen molar-refractivity contribution in [3.63, 3.8) is 0 Å². The zero-order chi connectivity index (χ0) is 24.8. The van der Waals surface area contributed by atoms with Crippen LogP contribution >= 0.6 is 0 Å². The predicted octanol–water partition coefficient (Wildman–Crippen LogP) is 3.76. The van der Waals surface area contributed by atoms with E-state index in [1.807, 2.05) is 35.3 Å². The molecule has 180 valence electrons. The Morgan fingerprint density at radius 2 is 2.08 bits per heavy atom. The number of nitrogens with one attached hydrogen (secondary N) is 1. The monoisotopic (exact) mass is 480 g/mol. The molecule has 0 amide bonds. The van der Waals surface area contributed by atoms with Crippen molar-refractivity contribution in [2.75, 3.05) is 24.7 Å². The van der Waals surface area contributed by atoms with Crippen molar-refractivity contribution >= 4 is 17.2 Å². The lowest BCUT2D eigenvalue weighted by molar-refractivity contribution is 0.0985. The Kier molecular flexibility index (Phi) is 5.23. The van der Waals surface area contributed by atoms with Crippen molar-refractivity contribution in [2.45, 2.75) is 26.8 Å². The highest BCUT2D eigenvalue weighted by molar-refractivity contribution is 5.80. The Hall–Kier alpha value is -4.56. The normalized spacial score (nSPS) is 15.9. The fourth-order valence-corrected chi connectivity index (χ4v) is 4.80. The van der Waals surface area contributed by atoms with Crippen LogP contribution in [0.2, 0.25) is 0 Å². The summed E-state index contributed by atoms with van der Waals surface area (Å²) >= 11 is 0. The van der Waals surface area contributed by atoms with Crippen LogP contribution in [0.25, 0.3) is 38.7 Å². The first-order chi connectivity index (χ1) is 17.5. The number of H-pyrrole nitrogens is 1. The molecule has 1 saturated heterocycles. The van der Waals surface area contributed by atoms with Crippen LogP contribution in [0.5, 0.6) is 0 Å². The van der Waals surface area contributed by atoms with E-state index < -0.39 is 0 Å². The number of ether oxygens (including phenoxy) is 1. The van der Waals surface area contributed by atoms with E-state index >= 15 is 0 Å². The van der Waals surface area contributed by atoms with Gasteiger partial charge < -0.3 is 9.64 Å². The zero-order valence-electron chi connectivity index (χ0n) is 20.2. The Morgan fingerprint density at radius 3 is 2.86 bits per heavy atom. The molecular weight excluding hydrogens is 456 g/mol. The molecule has 1 aliphatic heterocycles. The smallest absolute Gasteiger partial charge is 0.207 e. The average molecular weight is 481 g/mol. The maximum atomic E-state index is 7.34. The van der Waals surface area contributed by atoms with Gasteiger partial charge in [0.2, 0.25) is 5.69 Å². The van der Waals surface area contributed by atoms with Crippen LogP contribution in [0.4, 0.5) is 11.5 Å². The summed E-state index contributed by atoms with van der Waals surface area (Å²) in [6.45, 7) is 15.5. The van der Waals surface area contributed by atoms with Gasteiger partial charge in [0.15, 0.2) is 5.65 Å². The van der Waals surface area contributed by atoms with Gasteiger partial charge in [0.25, 0.3) is 0 Å². The number of hydrogen-bond donors (Lipinski definition) is 1. The first-order valence-electron chi connectivity index (χ1n) is 11.7. The van der Waals surface area contributed by atoms with E-state index in [1.165, 1.54) is 0 Å². The highest BCUT2D eigenvalue weighted by Crippen LogP contribution is 2.34. The van der Waals surface area contributed by atoms with Crippen LogP contribution in [0, 0.1) is 20.4 Å². The molecule has 0 spiro atoms. The van der Waals surface area contributed by atoms with Crippen molar-refractivity contribution in [1.82, 2.24) is 39.6 Å². The Morgan fingerprint density at radius 1 is 1.19 bits per heavy atom. The molecule has 36 heavy (non-hydrogen) atoms. The lowest BCUT2D eigenvalue weighted by atomic mass is 10.1. The number of aryl methyl sites for hydroxylation is 1. The number of aromatic nitrogens is 8. The van der Waals surface area contributed by atoms with Gasteiger partial charge >= 0.3 is 0 Å². The second kappa shape index (κ2) is 8.58. The van der Waals surface area contributed by atoms with E-state index in [0.717, 1.165) is 57.6 Å². The van der Waals surface area contributed by atoms with Crippen LogP contribution in [-0.4, -0.2) is 65.4 Å². The van der Waals surface area contributed by atoms with E-state index in [4.69, 9.17) is 26.5 Å². The molecule has 1 aliphatic rings. The molecule has 5 aromatic heterocycles. The molecule has 0 aromatic carbocycles. The summed E-state index contributed by atoms with van der Waals surface area (Å²) in [6.07, 6.45) is 6.79. The van der Waals surface area contributed by atoms with Gasteiger partial charge in [-0.05, 0) is 32.9 Å². The van der Waals surface area contributed by atoms with Crippen molar-refractivity contribution in [3.8, 4) is 28.2 Å². The lowest BCUT2D eigenvalue weighted by Gasteiger charge is -2.34. The van der Waals surface area contributed by atoms with Gasteiger partial charge in [-0.2, -0.15) is 15.3 Å². The predicted molar refractivity (Wildman–Crippen MR) is 134 cm³/mol. The largest absolute Gasteiger partial charge is 0.377 e. The number of pyridine rings is 1. The Bertz CT molecular complexity index is 1610. The van der Waals surface area contributed by atoms with Gasteiger partial charge in [-0.15, -0.1) is 0 Å². The molecule has 1 N–H and O–H groups in total. The fraction of sp³-hybridized carbons (Fsp3) is 0.280. The Labute approximate surface area is 207 Å². The zero-order valence-corrected chi connectivity index (χ0v) is 20.2. The van der Waals surface area contributed by atoms with E-state index in [1.54, 1.807) is 24.7 Å². The number of nitrogens with zero attached hydrogens (tertiary/aromatic N) is 9. The van der Waals surface area contributed by atoms with Gasteiger partial charge in [0.1, 0.15) is 5.82 Å². The SMILES string of the molecule is [C-]#[N+]c1cncc(-n2nc(C)c(-c3cc(N4CCOC[C@H]4C)nc4c(-c5ccn[nH]5)cnn34)c2C)c1. The molecule has 0 aliphatic carbocycles. The molecule has 6 heterocycles. The molecule has 1 atom stereocenters. The minimum Gasteiger partial charge on any atom is -0.377 e. The van der Waals surface area contributed by atoms with Crippen LogP contribution < -0.4 is 4.90 Å². The molecule has 5 aromatic rings. The molecule has 0 radical (unpaired) electrons. The van der Waals surface area contributed by atoms with Crippen molar-refractivity contribution in [1.29, 1.82) is 0 Å². The number of aromatic amines is 1. The minimum atomic E-state index is 0.187. The molecule has 0 saturated carbocycles. The van der Waals surface area contributed by atoms with E-state index in [-0.39, 0.29) is 6.04 Å². The van der Waals surface area contributed by atoms with Gasteiger partial charge in [0.05, 0.1) is 66.1 Å². The highest BCUT2D eigenvalue weighted by atomic mass is 16.5.